The van der Waals surface area contributed by atoms with Crippen LogP contribution in [-0.4, -0.2) is 27.7 Å². The van der Waals surface area contributed by atoms with E-state index in [0.29, 0.717) is 12.5 Å². The Labute approximate surface area is 84.4 Å². The smallest absolute Gasteiger partial charge is 0.115 e. The highest BCUT2D eigenvalue weighted by Gasteiger charge is 2.10. The second-order valence-electron chi connectivity index (χ2n) is 3.61. The minimum atomic E-state index is 0.130. The first-order chi connectivity index (χ1) is 6.74. The summed E-state index contributed by atoms with van der Waals surface area (Å²) in [6, 6.07) is 1.99. The lowest BCUT2D eigenvalue weighted by Crippen LogP contribution is -2.36. The number of aromatic nitrogens is 2. The van der Waals surface area contributed by atoms with Gasteiger partial charge in [0.25, 0.3) is 0 Å². The molecule has 0 aliphatic heterocycles. The number of hydrogen-bond donors (Lipinski definition) is 2. The van der Waals surface area contributed by atoms with Crippen LogP contribution in [-0.2, 0) is 6.54 Å². The van der Waals surface area contributed by atoms with Crippen LogP contribution in [0.25, 0.3) is 0 Å². The van der Waals surface area contributed by atoms with E-state index in [1.165, 1.54) is 6.33 Å². The van der Waals surface area contributed by atoms with Crippen molar-refractivity contribution in [3.8, 4) is 0 Å². The fraction of sp³-hybridized carbons (Fsp3) is 0.600. The molecule has 1 rings (SSSR count). The van der Waals surface area contributed by atoms with Gasteiger partial charge in [-0.15, -0.1) is 0 Å². The van der Waals surface area contributed by atoms with Crippen LogP contribution in [0.3, 0.4) is 0 Å². The van der Waals surface area contributed by atoms with Crippen LogP contribution in [0.5, 0.6) is 0 Å². The van der Waals surface area contributed by atoms with Crippen LogP contribution in [0.15, 0.2) is 18.6 Å². The van der Waals surface area contributed by atoms with Crippen molar-refractivity contribution in [2.75, 3.05) is 6.61 Å². The van der Waals surface area contributed by atoms with Crippen LogP contribution in [0.1, 0.15) is 19.5 Å². The van der Waals surface area contributed by atoms with Gasteiger partial charge in [0, 0.05) is 18.8 Å². The van der Waals surface area contributed by atoms with E-state index < -0.39 is 0 Å². The monoisotopic (exact) mass is 195 g/mol. The van der Waals surface area contributed by atoms with E-state index in [0.717, 1.165) is 5.69 Å². The molecule has 1 aromatic rings. The third-order valence-corrected chi connectivity index (χ3v) is 2.19. The molecule has 0 unspecified atom stereocenters. The van der Waals surface area contributed by atoms with Gasteiger partial charge in [0.05, 0.1) is 12.3 Å². The van der Waals surface area contributed by atoms with E-state index in [1.54, 1.807) is 6.20 Å². The molecule has 1 atom stereocenters. The Morgan fingerprint density at radius 3 is 2.79 bits per heavy atom. The number of aliphatic hydroxyl groups excluding tert-OH is 1. The fourth-order valence-corrected chi connectivity index (χ4v) is 1.17. The predicted molar refractivity (Wildman–Crippen MR) is 54.6 cm³/mol. The van der Waals surface area contributed by atoms with E-state index in [1.807, 2.05) is 6.07 Å². The Bertz CT molecular complexity index is 251. The molecular weight excluding hydrogens is 178 g/mol. The molecule has 14 heavy (non-hydrogen) atoms. The summed E-state index contributed by atoms with van der Waals surface area (Å²) in [6.07, 6.45) is 3.24. The summed E-state index contributed by atoms with van der Waals surface area (Å²) in [5, 5.41) is 12.3. The third kappa shape index (κ3) is 3.40. The number of nitrogens with one attached hydrogen (secondary N) is 1. The molecule has 1 heterocycles. The summed E-state index contributed by atoms with van der Waals surface area (Å²) in [5.41, 5.74) is 0.944. The van der Waals surface area contributed by atoms with Crippen molar-refractivity contribution in [3.05, 3.63) is 24.3 Å². The quantitative estimate of drug-likeness (QED) is 0.721. The zero-order chi connectivity index (χ0) is 10.4. The minimum Gasteiger partial charge on any atom is -0.395 e. The Balaban J connectivity index is 2.40. The minimum absolute atomic E-state index is 0.130. The standard InChI is InChI=1S/C10H17N3O/c1-8(2)10(6-14)12-5-9-3-4-11-7-13-9/h3-4,7-8,10,12,14H,5-6H2,1-2H3/t10-/m1/s1. The molecule has 4 nitrogen and oxygen atoms in total. The largest absolute Gasteiger partial charge is 0.395 e. The van der Waals surface area contributed by atoms with Gasteiger partial charge in [-0.3, -0.25) is 0 Å². The van der Waals surface area contributed by atoms with E-state index in [-0.39, 0.29) is 12.6 Å². The van der Waals surface area contributed by atoms with E-state index in [4.69, 9.17) is 5.11 Å². The summed E-state index contributed by atoms with van der Waals surface area (Å²) >= 11 is 0. The maximum atomic E-state index is 9.08. The number of rotatable bonds is 5. The summed E-state index contributed by atoms with van der Waals surface area (Å²) in [4.78, 5) is 7.93. The van der Waals surface area contributed by atoms with Crippen LogP contribution in [0.4, 0.5) is 0 Å². The van der Waals surface area contributed by atoms with Crippen molar-refractivity contribution in [2.24, 2.45) is 5.92 Å². The summed E-state index contributed by atoms with van der Waals surface area (Å²) in [5.74, 6) is 0.418. The molecule has 4 heteroatoms. The molecule has 0 aliphatic rings. The Kier molecular flexibility index (Phi) is 4.49. The normalized spacial score (nSPS) is 13.1. The van der Waals surface area contributed by atoms with Crippen molar-refractivity contribution in [1.29, 1.82) is 0 Å². The van der Waals surface area contributed by atoms with Crippen molar-refractivity contribution in [1.82, 2.24) is 15.3 Å². The average molecular weight is 195 g/mol. The molecule has 0 saturated carbocycles. The van der Waals surface area contributed by atoms with Crippen LogP contribution >= 0.6 is 0 Å². The average Bonchev–Trinajstić information content (AvgIpc) is 2.20. The topological polar surface area (TPSA) is 58.0 Å². The summed E-state index contributed by atoms with van der Waals surface area (Å²) in [6.45, 7) is 4.98. The molecule has 0 radical (unpaired) electrons. The van der Waals surface area contributed by atoms with Gasteiger partial charge in [-0.2, -0.15) is 0 Å². The van der Waals surface area contributed by atoms with Gasteiger partial charge >= 0.3 is 0 Å². The van der Waals surface area contributed by atoms with Crippen LogP contribution in [0.2, 0.25) is 0 Å². The number of aliphatic hydroxyl groups is 1. The Hall–Kier alpha value is -1.00. The number of nitrogens with zero attached hydrogens (tertiary/aromatic N) is 2. The third-order valence-electron chi connectivity index (χ3n) is 2.19. The first-order valence-corrected chi connectivity index (χ1v) is 4.83. The molecule has 0 fully saturated rings. The molecular formula is C10H17N3O. The predicted octanol–water partition coefficient (Wildman–Crippen LogP) is 0.583. The SMILES string of the molecule is CC(C)[C@@H](CO)NCc1ccncn1. The highest BCUT2D eigenvalue weighted by molar-refractivity contribution is 4.97. The second-order valence-corrected chi connectivity index (χ2v) is 3.61. The molecule has 78 valence electrons. The maximum absolute atomic E-state index is 9.08. The van der Waals surface area contributed by atoms with Gasteiger partial charge in [-0.25, -0.2) is 9.97 Å². The molecule has 0 bridgehead atoms. The second kappa shape index (κ2) is 5.67. The van der Waals surface area contributed by atoms with Crippen molar-refractivity contribution >= 4 is 0 Å². The van der Waals surface area contributed by atoms with Crippen molar-refractivity contribution < 1.29 is 5.11 Å². The molecule has 0 aliphatic carbocycles. The van der Waals surface area contributed by atoms with Crippen molar-refractivity contribution in [3.63, 3.8) is 0 Å². The summed E-state index contributed by atoms with van der Waals surface area (Å²) in [7, 11) is 0. The van der Waals surface area contributed by atoms with Gasteiger partial charge in [0.2, 0.25) is 0 Å². The Morgan fingerprint density at radius 2 is 2.29 bits per heavy atom. The van der Waals surface area contributed by atoms with Gasteiger partial charge in [0.15, 0.2) is 0 Å². The zero-order valence-corrected chi connectivity index (χ0v) is 8.64. The van der Waals surface area contributed by atoms with Gasteiger partial charge in [-0.1, -0.05) is 13.8 Å². The number of hydrogen-bond acceptors (Lipinski definition) is 4. The molecule has 1 aromatic heterocycles. The van der Waals surface area contributed by atoms with Gasteiger partial charge in [0.1, 0.15) is 6.33 Å². The van der Waals surface area contributed by atoms with Gasteiger partial charge < -0.3 is 10.4 Å². The lowest BCUT2D eigenvalue weighted by Gasteiger charge is -2.19. The molecule has 0 aromatic carbocycles. The van der Waals surface area contributed by atoms with E-state index in [2.05, 4.69) is 29.1 Å². The highest BCUT2D eigenvalue weighted by Crippen LogP contribution is 2.01. The highest BCUT2D eigenvalue weighted by atomic mass is 16.3. The molecule has 0 spiro atoms. The van der Waals surface area contributed by atoms with E-state index in [9.17, 15) is 0 Å². The van der Waals surface area contributed by atoms with Crippen LogP contribution < -0.4 is 5.32 Å². The van der Waals surface area contributed by atoms with Gasteiger partial charge in [-0.05, 0) is 12.0 Å². The maximum Gasteiger partial charge on any atom is 0.115 e. The summed E-state index contributed by atoms with van der Waals surface area (Å²) < 4.78 is 0. The molecule has 2 N–H and O–H groups in total. The first kappa shape index (κ1) is 11.1. The Morgan fingerprint density at radius 1 is 1.50 bits per heavy atom. The van der Waals surface area contributed by atoms with Crippen molar-refractivity contribution in [2.45, 2.75) is 26.4 Å². The molecule has 0 saturated heterocycles. The zero-order valence-electron chi connectivity index (χ0n) is 8.64. The van der Waals surface area contributed by atoms with Crippen LogP contribution in [0, 0.1) is 5.92 Å². The van der Waals surface area contributed by atoms with E-state index >= 15 is 0 Å². The lowest BCUT2D eigenvalue weighted by atomic mass is 10.1. The fourth-order valence-electron chi connectivity index (χ4n) is 1.17. The first-order valence-electron chi connectivity index (χ1n) is 4.83. The lowest BCUT2D eigenvalue weighted by molar-refractivity contribution is 0.209. The molecule has 0 amide bonds.